The number of aromatic nitrogens is 1. The maximum atomic E-state index is 12.9. The molecule has 0 amide bonds. The molecule has 0 aliphatic carbocycles. The van der Waals surface area contributed by atoms with Gasteiger partial charge in [-0.1, -0.05) is 54.1 Å². The first-order valence-corrected chi connectivity index (χ1v) is 8.00. The van der Waals surface area contributed by atoms with Crippen LogP contribution >= 0.6 is 11.6 Å². The maximum absolute atomic E-state index is 12.9. The fourth-order valence-corrected chi connectivity index (χ4v) is 2.58. The summed E-state index contributed by atoms with van der Waals surface area (Å²) in [4.78, 5) is 29.6. The number of para-hydroxylation sites is 1. The van der Waals surface area contributed by atoms with Crippen molar-refractivity contribution in [2.24, 2.45) is 0 Å². The lowest BCUT2D eigenvalue weighted by atomic mass is 9.91. The third kappa shape index (κ3) is 3.92. The molecular formula is C20H14ClNO3. The molecule has 0 N–H and O–H groups in total. The van der Waals surface area contributed by atoms with Gasteiger partial charge in [-0.25, -0.2) is 0 Å². The van der Waals surface area contributed by atoms with E-state index in [1.807, 2.05) is 6.07 Å². The molecule has 4 nitrogen and oxygen atoms in total. The zero-order valence-corrected chi connectivity index (χ0v) is 13.9. The minimum Gasteiger partial charge on any atom is -0.424 e. The van der Waals surface area contributed by atoms with E-state index in [4.69, 9.17) is 16.3 Å². The molecule has 0 saturated heterocycles. The van der Waals surface area contributed by atoms with Gasteiger partial charge in [0.2, 0.25) is 0 Å². The average molecular weight is 352 g/mol. The molecule has 2 aromatic carbocycles. The van der Waals surface area contributed by atoms with Crippen LogP contribution < -0.4 is 4.74 Å². The van der Waals surface area contributed by atoms with E-state index >= 15 is 0 Å². The molecule has 5 heteroatoms. The molecule has 0 saturated carbocycles. The number of nitrogens with zero attached hydrogens (tertiary/aromatic N) is 1. The summed E-state index contributed by atoms with van der Waals surface area (Å²) in [6.07, 6.45) is 3.00. The Hall–Kier alpha value is -2.98. The van der Waals surface area contributed by atoms with Crippen molar-refractivity contribution in [3.8, 4) is 5.75 Å². The van der Waals surface area contributed by atoms with Crippen molar-refractivity contribution < 1.29 is 14.3 Å². The fraction of sp³-hybridized carbons (Fsp3) is 0.0500. The van der Waals surface area contributed by atoms with Crippen LogP contribution in [-0.2, 0) is 4.79 Å². The average Bonchev–Trinajstić information content (AvgIpc) is 2.65. The van der Waals surface area contributed by atoms with Gasteiger partial charge in [-0.2, -0.15) is 0 Å². The number of esters is 1. The number of carbonyl (C=O) groups is 2. The van der Waals surface area contributed by atoms with Gasteiger partial charge < -0.3 is 4.74 Å². The van der Waals surface area contributed by atoms with Crippen molar-refractivity contribution in [3.05, 3.63) is 95.3 Å². The molecule has 3 rings (SSSR count). The molecule has 0 radical (unpaired) electrons. The van der Waals surface area contributed by atoms with Crippen LogP contribution in [0.1, 0.15) is 21.8 Å². The van der Waals surface area contributed by atoms with Crippen LogP contribution in [0.4, 0.5) is 0 Å². The number of Topliss-reactive ketones (excluding diaryl/α,β-unsaturated/α-hetero) is 1. The van der Waals surface area contributed by atoms with Crippen LogP contribution in [0.3, 0.4) is 0 Å². The summed E-state index contributed by atoms with van der Waals surface area (Å²) < 4.78 is 5.39. The van der Waals surface area contributed by atoms with E-state index in [2.05, 4.69) is 4.98 Å². The van der Waals surface area contributed by atoms with Crippen molar-refractivity contribution in [2.75, 3.05) is 0 Å². The molecular weight excluding hydrogens is 338 g/mol. The van der Waals surface area contributed by atoms with Crippen LogP contribution in [0.15, 0.2) is 79.1 Å². The quantitative estimate of drug-likeness (QED) is 0.297. The minimum atomic E-state index is -1.10. The van der Waals surface area contributed by atoms with Crippen LogP contribution in [-0.4, -0.2) is 16.7 Å². The monoisotopic (exact) mass is 351 g/mol. The zero-order valence-electron chi connectivity index (χ0n) is 13.1. The second-order valence-corrected chi connectivity index (χ2v) is 5.71. The van der Waals surface area contributed by atoms with E-state index in [0.29, 0.717) is 16.1 Å². The Kier molecular flexibility index (Phi) is 5.21. The molecule has 1 heterocycles. The van der Waals surface area contributed by atoms with Gasteiger partial charge >= 0.3 is 5.97 Å². The number of halogens is 1. The molecule has 1 atom stereocenters. The van der Waals surface area contributed by atoms with E-state index < -0.39 is 11.9 Å². The Morgan fingerprint density at radius 1 is 0.920 bits per heavy atom. The van der Waals surface area contributed by atoms with Gasteiger partial charge in [-0.05, 0) is 29.8 Å². The highest BCUT2D eigenvalue weighted by atomic mass is 35.5. The van der Waals surface area contributed by atoms with Gasteiger partial charge in [-0.3, -0.25) is 14.6 Å². The minimum absolute atomic E-state index is 0.217. The molecule has 0 aliphatic heterocycles. The number of ether oxygens (including phenoxy) is 1. The fourth-order valence-electron chi connectivity index (χ4n) is 2.41. The summed E-state index contributed by atoms with van der Waals surface area (Å²) >= 11 is 6.04. The van der Waals surface area contributed by atoms with Crippen LogP contribution in [0.5, 0.6) is 5.75 Å². The standard InChI is InChI=1S/C20H14ClNO3/c21-16-10-4-5-11-17(16)25-20(24)18(14-7-2-1-3-8-14)19(23)15-9-6-12-22-13-15/h1-13,18H. The second-order valence-electron chi connectivity index (χ2n) is 5.30. The third-order valence-electron chi connectivity index (χ3n) is 3.62. The predicted molar refractivity (Wildman–Crippen MR) is 94.8 cm³/mol. The van der Waals surface area contributed by atoms with Crippen molar-refractivity contribution in [1.82, 2.24) is 4.98 Å². The summed E-state index contributed by atoms with van der Waals surface area (Å²) in [7, 11) is 0. The lowest BCUT2D eigenvalue weighted by Gasteiger charge is -2.16. The first-order chi connectivity index (χ1) is 12.2. The van der Waals surface area contributed by atoms with Crippen LogP contribution in [0, 0.1) is 0 Å². The first-order valence-electron chi connectivity index (χ1n) is 7.62. The maximum Gasteiger partial charge on any atom is 0.326 e. The molecule has 0 bridgehead atoms. The van der Waals surface area contributed by atoms with E-state index in [1.54, 1.807) is 66.9 Å². The lowest BCUT2D eigenvalue weighted by molar-refractivity contribution is -0.134. The number of pyridine rings is 1. The first kappa shape index (κ1) is 16.9. The highest BCUT2D eigenvalue weighted by molar-refractivity contribution is 6.32. The van der Waals surface area contributed by atoms with Gasteiger partial charge in [0, 0.05) is 18.0 Å². The molecule has 1 aromatic heterocycles. The van der Waals surface area contributed by atoms with E-state index in [0.717, 1.165) is 0 Å². The predicted octanol–water partition coefficient (Wildman–Crippen LogP) is 4.31. The number of ketones is 1. The van der Waals surface area contributed by atoms with Crippen LogP contribution in [0.2, 0.25) is 5.02 Å². The smallest absolute Gasteiger partial charge is 0.326 e. The van der Waals surface area contributed by atoms with Gasteiger partial charge in [0.05, 0.1) is 5.02 Å². The molecule has 0 aliphatic rings. The van der Waals surface area contributed by atoms with Crippen LogP contribution in [0.25, 0.3) is 0 Å². The second kappa shape index (κ2) is 7.73. The summed E-state index contributed by atoms with van der Waals surface area (Å²) in [5.41, 5.74) is 0.890. The number of carbonyl (C=O) groups excluding carboxylic acids is 2. The van der Waals surface area contributed by atoms with E-state index in [-0.39, 0.29) is 11.5 Å². The number of rotatable bonds is 5. The number of hydrogen-bond donors (Lipinski definition) is 0. The SMILES string of the molecule is O=C(Oc1ccccc1Cl)C(C(=O)c1cccnc1)c1ccccc1. The van der Waals surface area contributed by atoms with Gasteiger partial charge in [0.1, 0.15) is 11.7 Å². The van der Waals surface area contributed by atoms with Gasteiger partial charge in [-0.15, -0.1) is 0 Å². The number of benzene rings is 2. The van der Waals surface area contributed by atoms with Gasteiger partial charge in [0.15, 0.2) is 5.78 Å². The Morgan fingerprint density at radius 3 is 2.32 bits per heavy atom. The Morgan fingerprint density at radius 2 is 1.64 bits per heavy atom. The summed E-state index contributed by atoms with van der Waals surface area (Å²) in [6, 6.07) is 18.7. The van der Waals surface area contributed by atoms with E-state index in [1.165, 1.54) is 6.20 Å². The highest BCUT2D eigenvalue weighted by Crippen LogP contribution is 2.28. The topological polar surface area (TPSA) is 56.3 Å². The molecule has 0 fully saturated rings. The number of hydrogen-bond acceptors (Lipinski definition) is 4. The van der Waals surface area contributed by atoms with E-state index in [9.17, 15) is 9.59 Å². The highest BCUT2D eigenvalue weighted by Gasteiger charge is 2.31. The van der Waals surface area contributed by atoms with Crippen molar-refractivity contribution in [3.63, 3.8) is 0 Å². The van der Waals surface area contributed by atoms with Crippen molar-refractivity contribution in [2.45, 2.75) is 5.92 Å². The van der Waals surface area contributed by atoms with Gasteiger partial charge in [0.25, 0.3) is 0 Å². The normalized spacial score (nSPS) is 11.6. The third-order valence-corrected chi connectivity index (χ3v) is 3.94. The summed E-state index contributed by atoms with van der Waals surface area (Å²) in [5, 5.41) is 0.302. The summed E-state index contributed by atoms with van der Waals surface area (Å²) in [5.74, 6) is -1.94. The lowest BCUT2D eigenvalue weighted by Crippen LogP contribution is -2.26. The Labute approximate surface area is 150 Å². The molecule has 25 heavy (non-hydrogen) atoms. The molecule has 0 spiro atoms. The largest absolute Gasteiger partial charge is 0.424 e. The molecule has 124 valence electrons. The molecule has 1 unspecified atom stereocenters. The van der Waals surface area contributed by atoms with Crippen molar-refractivity contribution in [1.29, 1.82) is 0 Å². The van der Waals surface area contributed by atoms with Crippen molar-refractivity contribution >= 4 is 23.4 Å². The summed E-state index contributed by atoms with van der Waals surface area (Å²) in [6.45, 7) is 0. The Balaban J connectivity index is 1.95. The Bertz CT molecular complexity index is 882. The zero-order chi connectivity index (χ0) is 17.6. The molecule has 3 aromatic rings.